The number of aryl methyl sites for hydroxylation is 1. The third-order valence-electron chi connectivity index (χ3n) is 6.33. The summed E-state index contributed by atoms with van der Waals surface area (Å²) in [6.07, 6.45) is 15.1. The SMILES string of the molecule is CCn1cnc2c(NC3CC(NC(=O)CCCC4CCCCC4)C3)ncnc21. The monoisotopic (exact) mass is 384 g/mol. The van der Waals surface area contributed by atoms with E-state index in [1.54, 1.807) is 6.33 Å². The van der Waals surface area contributed by atoms with Crippen LogP contribution in [-0.4, -0.2) is 37.5 Å². The van der Waals surface area contributed by atoms with Gasteiger partial charge in [-0.2, -0.15) is 0 Å². The third-order valence-corrected chi connectivity index (χ3v) is 6.33. The Morgan fingerprint density at radius 2 is 1.96 bits per heavy atom. The van der Waals surface area contributed by atoms with Crippen LogP contribution >= 0.6 is 0 Å². The highest BCUT2D eigenvalue weighted by molar-refractivity contribution is 5.82. The molecule has 2 aliphatic carbocycles. The van der Waals surface area contributed by atoms with Gasteiger partial charge in [-0.1, -0.05) is 32.1 Å². The summed E-state index contributed by atoms with van der Waals surface area (Å²) in [5.41, 5.74) is 1.68. The summed E-state index contributed by atoms with van der Waals surface area (Å²) in [5, 5.41) is 6.66. The van der Waals surface area contributed by atoms with Gasteiger partial charge < -0.3 is 15.2 Å². The van der Waals surface area contributed by atoms with Crippen LogP contribution < -0.4 is 10.6 Å². The summed E-state index contributed by atoms with van der Waals surface area (Å²) >= 11 is 0. The van der Waals surface area contributed by atoms with Crippen molar-refractivity contribution in [2.24, 2.45) is 5.92 Å². The van der Waals surface area contributed by atoms with Crippen LogP contribution in [0.2, 0.25) is 0 Å². The Morgan fingerprint density at radius 3 is 2.75 bits per heavy atom. The lowest BCUT2D eigenvalue weighted by molar-refractivity contribution is -0.122. The maximum Gasteiger partial charge on any atom is 0.220 e. The minimum atomic E-state index is 0.213. The van der Waals surface area contributed by atoms with Crippen molar-refractivity contribution in [3.63, 3.8) is 0 Å². The molecule has 4 rings (SSSR count). The molecule has 2 N–H and O–H groups in total. The maximum atomic E-state index is 12.2. The second-order valence-electron chi connectivity index (χ2n) is 8.40. The van der Waals surface area contributed by atoms with E-state index in [1.807, 2.05) is 10.9 Å². The molecule has 0 aromatic carbocycles. The molecule has 2 aromatic rings. The number of aromatic nitrogens is 4. The molecule has 2 fully saturated rings. The summed E-state index contributed by atoms with van der Waals surface area (Å²) < 4.78 is 2.01. The van der Waals surface area contributed by atoms with Crippen LogP contribution in [0.4, 0.5) is 5.82 Å². The smallest absolute Gasteiger partial charge is 0.220 e. The minimum Gasteiger partial charge on any atom is -0.365 e. The number of rotatable bonds is 8. The predicted octanol–water partition coefficient (Wildman–Crippen LogP) is 3.66. The van der Waals surface area contributed by atoms with Gasteiger partial charge in [-0.25, -0.2) is 15.0 Å². The molecule has 2 saturated carbocycles. The molecule has 0 aliphatic heterocycles. The van der Waals surface area contributed by atoms with Gasteiger partial charge in [0.15, 0.2) is 11.5 Å². The second kappa shape index (κ2) is 8.88. The first-order valence-electron chi connectivity index (χ1n) is 10.9. The van der Waals surface area contributed by atoms with Gasteiger partial charge in [0.2, 0.25) is 5.91 Å². The van der Waals surface area contributed by atoms with Crippen LogP contribution in [0.25, 0.3) is 11.2 Å². The molecule has 28 heavy (non-hydrogen) atoms. The number of hydrogen-bond donors (Lipinski definition) is 2. The first kappa shape index (κ1) is 19.2. The molecule has 2 aliphatic rings. The van der Waals surface area contributed by atoms with Crippen molar-refractivity contribution in [1.82, 2.24) is 24.8 Å². The van der Waals surface area contributed by atoms with Crippen molar-refractivity contribution < 1.29 is 4.79 Å². The Hall–Kier alpha value is -2.18. The third kappa shape index (κ3) is 4.45. The molecular weight excluding hydrogens is 352 g/mol. The van der Waals surface area contributed by atoms with Gasteiger partial charge in [-0.05, 0) is 38.5 Å². The van der Waals surface area contributed by atoms with Crippen molar-refractivity contribution >= 4 is 22.9 Å². The molecule has 7 heteroatoms. The van der Waals surface area contributed by atoms with Gasteiger partial charge in [0.05, 0.1) is 6.33 Å². The first-order valence-corrected chi connectivity index (χ1v) is 10.9. The molecule has 0 spiro atoms. The fourth-order valence-electron chi connectivity index (χ4n) is 4.59. The average molecular weight is 385 g/mol. The predicted molar refractivity (Wildman–Crippen MR) is 110 cm³/mol. The van der Waals surface area contributed by atoms with Gasteiger partial charge in [0, 0.05) is 25.0 Å². The van der Waals surface area contributed by atoms with Crippen molar-refractivity contribution in [1.29, 1.82) is 0 Å². The molecule has 0 unspecified atom stereocenters. The van der Waals surface area contributed by atoms with Crippen LogP contribution in [0.5, 0.6) is 0 Å². The van der Waals surface area contributed by atoms with Gasteiger partial charge in [0.1, 0.15) is 11.8 Å². The molecule has 0 saturated heterocycles. The van der Waals surface area contributed by atoms with Crippen LogP contribution in [0.3, 0.4) is 0 Å². The lowest BCUT2D eigenvalue weighted by atomic mass is 9.85. The number of fused-ring (bicyclic) bond motifs is 1. The van der Waals surface area contributed by atoms with E-state index in [9.17, 15) is 4.79 Å². The van der Waals surface area contributed by atoms with Crippen molar-refractivity contribution in [3.05, 3.63) is 12.7 Å². The molecule has 152 valence electrons. The quantitative estimate of drug-likeness (QED) is 0.726. The van der Waals surface area contributed by atoms with E-state index in [-0.39, 0.29) is 11.9 Å². The van der Waals surface area contributed by atoms with E-state index in [2.05, 4.69) is 32.5 Å². The van der Waals surface area contributed by atoms with Crippen LogP contribution in [0.1, 0.15) is 71.1 Å². The molecule has 7 nitrogen and oxygen atoms in total. The fraction of sp³-hybridized carbons (Fsp3) is 0.714. The first-order chi connectivity index (χ1) is 13.7. The van der Waals surface area contributed by atoms with E-state index in [0.717, 1.165) is 48.7 Å². The maximum absolute atomic E-state index is 12.2. The summed E-state index contributed by atoms with van der Waals surface area (Å²) in [6, 6.07) is 0.614. The lowest BCUT2D eigenvalue weighted by Crippen LogP contribution is -2.49. The number of amides is 1. The van der Waals surface area contributed by atoms with E-state index in [1.165, 1.54) is 38.5 Å². The Bertz CT molecular complexity index is 791. The minimum absolute atomic E-state index is 0.213. The Balaban J connectivity index is 1.18. The van der Waals surface area contributed by atoms with Crippen molar-refractivity contribution in [2.45, 2.75) is 89.8 Å². The van der Waals surface area contributed by atoms with E-state index >= 15 is 0 Å². The van der Waals surface area contributed by atoms with Crippen LogP contribution in [0, 0.1) is 5.92 Å². The zero-order valence-electron chi connectivity index (χ0n) is 16.9. The number of imidazole rings is 1. The number of nitrogens with zero attached hydrogens (tertiary/aromatic N) is 4. The number of carbonyl (C=O) groups excluding carboxylic acids is 1. The van der Waals surface area contributed by atoms with Gasteiger partial charge in [-0.3, -0.25) is 4.79 Å². The van der Waals surface area contributed by atoms with E-state index < -0.39 is 0 Å². The van der Waals surface area contributed by atoms with Gasteiger partial charge in [0.25, 0.3) is 0 Å². The van der Waals surface area contributed by atoms with E-state index in [0.29, 0.717) is 12.5 Å². The Labute approximate surface area is 166 Å². The Kier molecular flexibility index (Phi) is 6.07. The molecule has 1 amide bonds. The largest absolute Gasteiger partial charge is 0.365 e. The number of hydrogen-bond acceptors (Lipinski definition) is 5. The van der Waals surface area contributed by atoms with Crippen molar-refractivity contribution in [2.75, 3.05) is 5.32 Å². The molecule has 0 atom stereocenters. The zero-order chi connectivity index (χ0) is 19.3. The van der Waals surface area contributed by atoms with Crippen LogP contribution in [-0.2, 0) is 11.3 Å². The topological polar surface area (TPSA) is 84.7 Å². The molecule has 2 aromatic heterocycles. The normalized spacial score (nSPS) is 22.8. The van der Waals surface area contributed by atoms with Crippen LogP contribution in [0.15, 0.2) is 12.7 Å². The summed E-state index contributed by atoms with van der Waals surface area (Å²) in [7, 11) is 0. The summed E-state index contributed by atoms with van der Waals surface area (Å²) in [4.78, 5) is 25.3. The Morgan fingerprint density at radius 1 is 1.14 bits per heavy atom. The highest BCUT2D eigenvalue weighted by Crippen LogP contribution is 2.28. The second-order valence-corrected chi connectivity index (χ2v) is 8.40. The number of anilines is 1. The van der Waals surface area contributed by atoms with Gasteiger partial charge in [-0.15, -0.1) is 0 Å². The highest BCUT2D eigenvalue weighted by Gasteiger charge is 2.31. The highest BCUT2D eigenvalue weighted by atomic mass is 16.1. The molecule has 2 heterocycles. The van der Waals surface area contributed by atoms with E-state index in [4.69, 9.17) is 0 Å². The number of carbonyl (C=O) groups is 1. The molecular formula is C21H32N6O. The van der Waals surface area contributed by atoms with Crippen molar-refractivity contribution in [3.8, 4) is 0 Å². The number of nitrogens with one attached hydrogen (secondary N) is 2. The molecule has 0 bridgehead atoms. The lowest BCUT2D eigenvalue weighted by Gasteiger charge is -2.36. The average Bonchev–Trinajstić information content (AvgIpc) is 3.11. The fourth-order valence-corrected chi connectivity index (χ4v) is 4.59. The zero-order valence-corrected chi connectivity index (χ0v) is 16.9. The summed E-state index contributed by atoms with van der Waals surface area (Å²) in [6.45, 7) is 2.91. The molecule has 0 radical (unpaired) electrons. The summed E-state index contributed by atoms with van der Waals surface area (Å²) in [5.74, 6) is 1.87. The van der Waals surface area contributed by atoms with Gasteiger partial charge >= 0.3 is 0 Å². The standard InChI is InChI=1S/C21H32N6O/c1-2-27-14-24-19-20(22-13-23-21(19)27)26-17-11-16(12-17)25-18(28)10-6-9-15-7-4-3-5-8-15/h13-17H,2-12H2,1H3,(H,25,28)(H,22,23,26).